The first kappa shape index (κ1) is 24.7. The fraction of sp³-hybridized carbons (Fsp3) is 0.308. The molecule has 10 nitrogen and oxygen atoms in total. The Balaban J connectivity index is 1.46. The zero-order valence-corrected chi connectivity index (χ0v) is 21.4. The minimum absolute atomic E-state index is 0.00661. The van der Waals surface area contributed by atoms with Crippen LogP contribution in [0.25, 0.3) is 0 Å². The number of nitrogens with zero attached hydrogens (tertiary/aromatic N) is 4. The number of allylic oxidation sites excluding steroid dienone is 2. The highest BCUT2D eigenvalue weighted by molar-refractivity contribution is 7.99. The summed E-state index contributed by atoms with van der Waals surface area (Å²) in [4.78, 5) is 41.3. The molecule has 5 rings (SSSR count). The van der Waals surface area contributed by atoms with Crippen molar-refractivity contribution in [2.24, 2.45) is 5.41 Å². The Morgan fingerprint density at radius 1 is 1.19 bits per heavy atom. The molecule has 0 unspecified atom stereocenters. The lowest BCUT2D eigenvalue weighted by Gasteiger charge is -2.38. The zero-order valence-electron chi connectivity index (χ0n) is 20.6. The van der Waals surface area contributed by atoms with E-state index in [9.17, 15) is 19.7 Å². The molecule has 37 heavy (non-hydrogen) atoms. The standard InChI is InChI=1S/C26H25N5O5S/c1-26(2)12-19-22(20(32)13-26)23(16-4-8-17(9-5-16)31(34)35)30-24(27-19)28-25(29-30)37-14-21(33)15-6-10-18(36-3)11-7-15/h4-11,23H,12-14H2,1-3H3,(H,27,28,29)/t23-/m1/s1. The van der Waals surface area contributed by atoms with Gasteiger partial charge >= 0.3 is 0 Å². The monoisotopic (exact) mass is 519 g/mol. The summed E-state index contributed by atoms with van der Waals surface area (Å²) in [6, 6.07) is 12.5. The van der Waals surface area contributed by atoms with Crippen LogP contribution in [0.5, 0.6) is 5.75 Å². The quantitative estimate of drug-likeness (QED) is 0.202. The predicted octanol–water partition coefficient (Wildman–Crippen LogP) is 4.83. The summed E-state index contributed by atoms with van der Waals surface area (Å²) in [6.07, 6.45) is 1.04. The lowest BCUT2D eigenvalue weighted by Crippen LogP contribution is -2.36. The number of anilines is 1. The number of hydrogen-bond acceptors (Lipinski definition) is 9. The van der Waals surface area contributed by atoms with Gasteiger partial charge in [0.25, 0.3) is 5.69 Å². The SMILES string of the molecule is COc1ccc(C(=O)CSc2nc3n(n2)[C@H](c2ccc([N+](=O)[O-])cc2)C2=C(CC(C)(C)CC2=O)N3)cc1. The topological polar surface area (TPSA) is 129 Å². The van der Waals surface area contributed by atoms with Gasteiger partial charge in [-0.2, -0.15) is 4.98 Å². The van der Waals surface area contributed by atoms with Gasteiger partial charge in [0.2, 0.25) is 11.1 Å². The summed E-state index contributed by atoms with van der Waals surface area (Å²) in [5.41, 5.74) is 2.39. The maximum atomic E-state index is 13.3. The van der Waals surface area contributed by atoms with Crippen LogP contribution in [-0.2, 0) is 4.79 Å². The zero-order chi connectivity index (χ0) is 26.3. The number of ether oxygens (including phenoxy) is 1. The molecule has 1 aliphatic carbocycles. The van der Waals surface area contributed by atoms with Crippen molar-refractivity contribution >= 4 is 35.0 Å². The number of non-ortho nitro benzene ring substituents is 1. The maximum absolute atomic E-state index is 13.3. The molecule has 0 saturated carbocycles. The van der Waals surface area contributed by atoms with Crippen molar-refractivity contribution in [1.29, 1.82) is 0 Å². The highest BCUT2D eigenvalue weighted by Crippen LogP contribution is 2.45. The second kappa shape index (κ2) is 9.47. The first-order chi connectivity index (χ1) is 17.6. The number of methoxy groups -OCH3 is 1. The number of ketones is 2. The van der Waals surface area contributed by atoms with Crippen LogP contribution < -0.4 is 10.1 Å². The summed E-state index contributed by atoms with van der Waals surface area (Å²) < 4.78 is 6.78. The molecule has 0 spiro atoms. The van der Waals surface area contributed by atoms with Crippen LogP contribution in [0, 0.1) is 15.5 Å². The number of nitrogens with one attached hydrogen (secondary N) is 1. The van der Waals surface area contributed by atoms with Crippen LogP contribution in [0.3, 0.4) is 0 Å². The summed E-state index contributed by atoms with van der Waals surface area (Å²) in [5.74, 6) is 1.20. The third-order valence-electron chi connectivity index (χ3n) is 6.48. The lowest BCUT2D eigenvalue weighted by atomic mass is 9.73. The summed E-state index contributed by atoms with van der Waals surface area (Å²) in [6.45, 7) is 4.09. The van der Waals surface area contributed by atoms with Crippen LogP contribution in [0.2, 0.25) is 0 Å². The molecule has 3 aromatic rings. The van der Waals surface area contributed by atoms with Gasteiger partial charge in [-0.05, 0) is 53.8 Å². The molecular weight excluding hydrogens is 494 g/mol. The van der Waals surface area contributed by atoms with E-state index in [2.05, 4.69) is 15.4 Å². The second-order valence-corrected chi connectivity index (χ2v) is 10.8. The lowest BCUT2D eigenvalue weighted by molar-refractivity contribution is -0.384. The van der Waals surface area contributed by atoms with E-state index in [1.54, 1.807) is 48.2 Å². The number of benzene rings is 2. The normalized spacial score (nSPS) is 18.0. The number of carbonyl (C=O) groups excluding carboxylic acids is 2. The van der Waals surface area contributed by atoms with Crippen molar-refractivity contribution in [3.63, 3.8) is 0 Å². The Bertz CT molecular complexity index is 1430. The Morgan fingerprint density at radius 2 is 1.89 bits per heavy atom. The molecule has 190 valence electrons. The Kier molecular flexibility index (Phi) is 6.32. The number of hydrogen-bond donors (Lipinski definition) is 1. The van der Waals surface area contributed by atoms with Gasteiger partial charge in [0.05, 0.1) is 17.8 Å². The summed E-state index contributed by atoms with van der Waals surface area (Å²) in [5, 5.41) is 19.5. The summed E-state index contributed by atoms with van der Waals surface area (Å²) in [7, 11) is 1.57. The average molecular weight is 520 g/mol. The van der Waals surface area contributed by atoms with E-state index in [4.69, 9.17) is 4.74 Å². The van der Waals surface area contributed by atoms with E-state index in [-0.39, 0.29) is 28.4 Å². The van der Waals surface area contributed by atoms with Crippen LogP contribution in [0.15, 0.2) is 65.0 Å². The molecule has 0 fully saturated rings. The van der Waals surface area contributed by atoms with E-state index in [1.165, 1.54) is 23.9 Å². The van der Waals surface area contributed by atoms with Gasteiger partial charge in [-0.3, -0.25) is 19.7 Å². The molecule has 1 atom stereocenters. The first-order valence-corrected chi connectivity index (χ1v) is 12.7. The minimum Gasteiger partial charge on any atom is -0.497 e. The Hall–Kier alpha value is -3.99. The number of rotatable bonds is 7. The third kappa shape index (κ3) is 4.86. The second-order valence-electron chi connectivity index (χ2n) is 9.81. The van der Waals surface area contributed by atoms with Gasteiger partial charge in [0.15, 0.2) is 11.6 Å². The van der Waals surface area contributed by atoms with Gasteiger partial charge in [-0.25, -0.2) is 4.68 Å². The number of nitro benzene ring substituents is 1. The maximum Gasteiger partial charge on any atom is 0.269 e. The Morgan fingerprint density at radius 3 is 2.54 bits per heavy atom. The number of aromatic nitrogens is 3. The van der Waals surface area contributed by atoms with Gasteiger partial charge in [0, 0.05) is 35.4 Å². The van der Waals surface area contributed by atoms with Crippen molar-refractivity contribution in [2.45, 2.75) is 37.9 Å². The van der Waals surface area contributed by atoms with E-state index >= 15 is 0 Å². The number of nitro groups is 1. The van der Waals surface area contributed by atoms with Crippen molar-refractivity contribution < 1.29 is 19.2 Å². The molecule has 0 radical (unpaired) electrons. The number of carbonyl (C=O) groups is 2. The van der Waals surface area contributed by atoms with Crippen LogP contribution in [0.1, 0.15) is 48.7 Å². The van der Waals surface area contributed by atoms with Gasteiger partial charge in [-0.1, -0.05) is 25.6 Å². The number of thioether (sulfide) groups is 1. The molecule has 1 aliphatic heterocycles. The summed E-state index contributed by atoms with van der Waals surface area (Å²) >= 11 is 1.21. The average Bonchev–Trinajstić information content (AvgIpc) is 3.28. The van der Waals surface area contributed by atoms with Crippen LogP contribution in [-0.4, -0.2) is 44.1 Å². The van der Waals surface area contributed by atoms with E-state index in [1.807, 2.05) is 13.8 Å². The molecule has 11 heteroatoms. The van der Waals surface area contributed by atoms with Gasteiger partial charge < -0.3 is 10.1 Å². The van der Waals surface area contributed by atoms with Crippen molar-refractivity contribution in [3.8, 4) is 5.75 Å². The fourth-order valence-electron chi connectivity index (χ4n) is 4.73. The number of fused-ring (bicyclic) bond motifs is 1. The molecule has 2 aliphatic rings. The van der Waals surface area contributed by atoms with Gasteiger partial charge in [0.1, 0.15) is 11.8 Å². The van der Waals surface area contributed by atoms with E-state index in [0.717, 1.165) is 5.70 Å². The molecule has 0 amide bonds. The smallest absolute Gasteiger partial charge is 0.269 e. The van der Waals surface area contributed by atoms with E-state index in [0.29, 0.717) is 46.4 Å². The Labute approximate surface area is 217 Å². The number of Topliss-reactive ketones (excluding diaryl/α,β-unsaturated/α-hetero) is 2. The van der Waals surface area contributed by atoms with Gasteiger partial charge in [-0.15, -0.1) is 5.10 Å². The van der Waals surface area contributed by atoms with Crippen molar-refractivity contribution in [3.05, 3.63) is 81.0 Å². The minimum atomic E-state index is -0.574. The van der Waals surface area contributed by atoms with Crippen LogP contribution in [0.4, 0.5) is 11.6 Å². The van der Waals surface area contributed by atoms with Crippen LogP contribution >= 0.6 is 11.8 Å². The third-order valence-corrected chi connectivity index (χ3v) is 7.31. The largest absolute Gasteiger partial charge is 0.497 e. The molecule has 2 aromatic carbocycles. The van der Waals surface area contributed by atoms with Crippen molar-refractivity contribution in [1.82, 2.24) is 14.8 Å². The fourth-order valence-corrected chi connectivity index (χ4v) is 5.45. The van der Waals surface area contributed by atoms with Crippen molar-refractivity contribution in [2.75, 3.05) is 18.2 Å². The molecule has 1 N–H and O–H groups in total. The highest BCUT2D eigenvalue weighted by Gasteiger charge is 2.42. The predicted molar refractivity (Wildman–Crippen MR) is 138 cm³/mol. The molecule has 2 heterocycles. The molecule has 1 aromatic heterocycles. The highest BCUT2D eigenvalue weighted by atomic mass is 32.2. The molecular formula is C26H25N5O5S. The molecule has 0 bridgehead atoms. The molecule has 0 saturated heterocycles. The first-order valence-electron chi connectivity index (χ1n) is 11.7. The van der Waals surface area contributed by atoms with E-state index < -0.39 is 11.0 Å².